The highest BCUT2D eigenvalue weighted by Crippen LogP contribution is 2.32. The second kappa shape index (κ2) is 7.19. The highest BCUT2D eigenvalue weighted by molar-refractivity contribution is 8.00. The Balaban J connectivity index is 1.48. The second-order valence-corrected chi connectivity index (χ2v) is 5.80. The number of benzene rings is 2. The van der Waals surface area contributed by atoms with E-state index in [4.69, 9.17) is 14.2 Å². The molecule has 0 N–H and O–H groups in total. The molecule has 2 aromatic rings. The summed E-state index contributed by atoms with van der Waals surface area (Å²) in [6.45, 7) is -0.132. The molecule has 0 saturated carbocycles. The number of esters is 1. The summed E-state index contributed by atoms with van der Waals surface area (Å²) in [5, 5.41) is 0. The Kier molecular flexibility index (Phi) is 4.83. The van der Waals surface area contributed by atoms with E-state index in [0.717, 1.165) is 4.90 Å². The maximum Gasteiger partial charge on any atom is 0.316 e. The van der Waals surface area contributed by atoms with E-state index in [0.29, 0.717) is 17.1 Å². The van der Waals surface area contributed by atoms with Gasteiger partial charge in [-0.3, -0.25) is 9.59 Å². The van der Waals surface area contributed by atoms with Gasteiger partial charge in [-0.05, 0) is 30.3 Å². The van der Waals surface area contributed by atoms with E-state index in [1.807, 2.05) is 30.3 Å². The SMILES string of the molecule is O=C(CSc1ccccc1)OCC(=O)c1ccc2c(c1)OCO2. The summed E-state index contributed by atoms with van der Waals surface area (Å²) in [6.07, 6.45) is 0. The van der Waals surface area contributed by atoms with Crippen molar-refractivity contribution in [3.8, 4) is 11.5 Å². The van der Waals surface area contributed by atoms with Gasteiger partial charge >= 0.3 is 5.97 Å². The van der Waals surface area contributed by atoms with Crippen molar-refractivity contribution in [2.24, 2.45) is 0 Å². The number of rotatable bonds is 6. The molecule has 1 heterocycles. The van der Waals surface area contributed by atoms with Crippen molar-refractivity contribution in [3.05, 3.63) is 54.1 Å². The maximum atomic E-state index is 12.0. The first kappa shape index (κ1) is 15.4. The fourth-order valence-corrected chi connectivity index (χ4v) is 2.72. The van der Waals surface area contributed by atoms with Crippen molar-refractivity contribution in [1.29, 1.82) is 0 Å². The Bertz CT molecular complexity index is 714. The van der Waals surface area contributed by atoms with Gasteiger partial charge < -0.3 is 14.2 Å². The number of carbonyl (C=O) groups excluding carboxylic acids is 2. The Morgan fingerprint density at radius 1 is 1.04 bits per heavy atom. The third-order valence-electron chi connectivity index (χ3n) is 3.16. The minimum absolute atomic E-state index is 0.151. The number of ketones is 1. The standard InChI is InChI=1S/C17H14O5S/c18-14(12-6-7-15-16(8-12)22-11-21-15)9-20-17(19)10-23-13-4-2-1-3-5-13/h1-8H,9-11H2. The lowest BCUT2D eigenvalue weighted by molar-refractivity contribution is -0.139. The quantitative estimate of drug-likeness (QED) is 0.461. The van der Waals surface area contributed by atoms with Gasteiger partial charge in [-0.2, -0.15) is 0 Å². The van der Waals surface area contributed by atoms with E-state index in [2.05, 4.69) is 0 Å². The summed E-state index contributed by atoms with van der Waals surface area (Å²) in [7, 11) is 0. The minimum atomic E-state index is -0.423. The Hall–Kier alpha value is -2.47. The molecule has 0 saturated heterocycles. The van der Waals surface area contributed by atoms with Gasteiger partial charge in [0.25, 0.3) is 0 Å². The first-order valence-corrected chi connectivity index (χ1v) is 7.97. The first-order valence-electron chi connectivity index (χ1n) is 6.99. The molecule has 1 aliphatic heterocycles. The molecule has 0 atom stereocenters. The molecule has 0 radical (unpaired) electrons. The van der Waals surface area contributed by atoms with Crippen molar-refractivity contribution in [2.45, 2.75) is 4.90 Å². The number of carbonyl (C=O) groups is 2. The van der Waals surface area contributed by atoms with Crippen LogP contribution in [0, 0.1) is 0 Å². The van der Waals surface area contributed by atoms with Crippen LogP contribution in [0.15, 0.2) is 53.4 Å². The van der Waals surface area contributed by atoms with E-state index >= 15 is 0 Å². The van der Waals surface area contributed by atoms with Gasteiger partial charge in [-0.15, -0.1) is 11.8 Å². The van der Waals surface area contributed by atoms with Gasteiger partial charge in [-0.1, -0.05) is 18.2 Å². The molecule has 6 heteroatoms. The fourth-order valence-electron chi connectivity index (χ4n) is 2.00. The monoisotopic (exact) mass is 330 g/mol. The topological polar surface area (TPSA) is 61.8 Å². The summed E-state index contributed by atoms with van der Waals surface area (Å²) in [5.74, 6) is 0.604. The molecule has 0 bridgehead atoms. The molecule has 1 aliphatic rings. The Labute approximate surface area is 137 Å². The largest absolute Gasteiger partial charge is 0.457 e. The van der Waals surface area contributed by atoms with Crippen molar-refractivity contribution in [3.63, 3.8) is 0 Å². The summed E-state index contributed by atoms with van der Waals surface area (Å²) < 4.78 is 15.4. The molecule has 0 aliphatic carbocycles. The molecule has 118 valence electrons. The average molecular weight is 330 g/mol. The summed E-state index contributed by atoms with van der Waals surface area (Å²) in [4.78, 5) is 24.7. The molecule has 0 amide bonds. The van der Waals surface area contributed by atoms with Crippen LogP contribution in [0.1, 0.15) is 10.4 Å². The number of fused-ring (bicyclic) bond motifs is 1. The lowest BCUT2D eigenvalue weighted by Crippen LogP contribution is -2.15. The van der Waals surface area contributed by atoms with Crippen LogP contribution in [0.5, 0.6) is 11.5 Å². The normalized spacial score (nSPS) is 12.0. The lowest BCUT2D eigenvalue weighted by atomic mass is 10.1. The number of thioether (sulfide) groups is 1. The van der Waals surface area contributed by atoms with Gasteiger partial charge in [0.2, 0.25) is 6.79 Å². The number of hydrogen-bond donors (Lipinski definition) is 0. The van der Waals surface area contributed by atoms with Crippen LogP contribution >= 0.6 is 11.8 Å². The molecule has 0 unspecified atom stereocenters. The second-order valence-electron chi connectivity index (χ2n) is 4.75. The highest BCUT2D eigenvalue weighted by atomic mass is 32.2. The zero-order valence-corrected chi connectivity index (χ0v) is 13.0. The van der Waals surface area contributed by atoms with Crippen LogP contribution in [-0.4, -0.2) is 30.9 Å². The number of ether oxygens (including phenoxy) is 3. The molecule has 0 spiro atoms. The zero-order valence-electron chi connectivity index (χ0n) is 12.2. The number of hydrogen-bond acceptors (Lipinski definition) is 6. The van der Waals surface area contributed by atoms with Crippen LogP contribution in [0.2, 0.25) is 0 Å². The van der Waals surface area contributed by atoms with Gasteiger partial charge in [0.15, 0.2) is 23.9 Å². The summed E-state index contributed by atoms with van der Waals surface area (Å²) in [6, 6.07) is 14.4. The van der Waals surface area contributed by atoms with Crippen molar-refractivity contribution in [1.82, 2.24) is 0 Å². The molecule has 3 rings (SSSR count). The Morgan fingerprint density at radius 2 is 1.83 bits per heavy atom. The van der Waals surface area contributed by atoms with Crippen LogP contribution in [-0.2, 0) is 9.53 Å². The predicted molar refractivity (Wildman–Crippen MR) is 85.0 cm³/mol. The third kappa shape index (κ3) is 4.04. The first-order chi connectivity index (χ1) is 11.2. The summed E-state index contributed by atoms with van der Waals surface area (Å²) in [5.41, 5.74) is 0.428. The third-order valence-corrected chi connectivity index (χ3v) is 4.14. The van der Waals surface area contributed by atoms with E-state index in [1.165, 1.54) is 11.8 Å². The van der Waals surface area contributed by atoms with Crippen LogP contribution in [0.25, 0.3) is 0 Å². The minimum Gasteiger partial charge on any atom is -0.457 e. The van der Waals surface area contributed by atoms with Gasteiger partial charge in [0.1, 0.15) is 0 Å². The van der Waals surface area contributed by atoms with Crippen LogP contribution in [0.4, 0.5) is 0 Å². The molecular weight excluding hydrogens is 316 g/mol. The molecule has 2 aromatic carbocycles. The van der Waals surface area contributed by atoms with E-state index in [1.54, 1.807) is 18.2 Å². The molecule has 23 heavy (non-hydrogen) atoms. The van der Waals surface area contributed by atoms with E-state index in [-0.39, 0.29) is 24.9 Å². The highest BCUT2D eigenvalue weighted by Gasteiger charge is 2.17. The van der Waals surface area contributed by atoms with Gasteiger partial charge in [0, 0.05) is 10.5 Å². The Morgan fingerprint density at radius 3 is 2.65 bits per heavy atom. The number of Topliss-reactive ketones (excluding diaryl/α,β-unsaturated/α-hetero) is 1. The van der Waals surface area contributed by atoms with E-state index < -0.39 is 5.97 Å². The molecule has 0 aromatic heterocycles. The maximum absolute atomic E-state index is 12.0. The average Bonchev–Trinajstić information content (AvgIpc) is 3.06. The van der Waals surface area contributed by atoms with Crippen LogP contribution in [0.3, 0.4) is 0 Å². The van der Waals surface area contributed by atoms with E-state index in [9.17, 15) is 9.59 Å². The van der Waals surface area contributed by atoms with Crippen LogP contribution < -0.4 is 9.47 Å². The molecular formula is C17H14O5S. The van der Waals surface area contributed by atoms with Crippen molar-refractivity contribution >= 4 is 23.5 Å². The van der Waals surface area contributed by atoms with Crippen molar-refractivity contribution in [2.75, 3.05) is 19.2 Å². The van der Waals surface area contributed by atoms with Gasteiger partial charge in [0.05, 0.1) is 5.75 Å². The predicted octanol–water partition coefficient (Wildman–Crippen LogP) is 2.93. The zero-order chi connectivity index (χ0) is 16.1. The van der Waals surface area contributed by atoms with Crippen molar-refractivity contribution < 1.29 is 23.8 Å². The smallest absolute Gasteiger partial charge is 0.316 e. The fraction of sp³-hybridized carbons (Fsp3) is 0.176. The summed E-state index contributed by atoms with van der Waals surface area (Å²) >= 11 is 1.37. The molecule has 0 fully saturated rings. The van der Waals surface area contributed by atoms with Gasteiger partial charge in [-0.25, -0.2) is 0 Å². The lowest BCUT2D eigenvalue weighted by Gasteiger charge is -2.05. The molecule has 5 nitrogen and oxygen atoms in total.